The number of amides is 2. The Balaban J connectivity index is 2.38. The molecular weight excluding hydrogens is 238 g/mol. The van der Waals surface area contributed by atoms with Gasteiger partial charge < -0.3 is 19.8 Å². The molecule has 1 unspecified atom stereocenters. The maximum atomic E-state index is 11.6. The molecule has 0 aliphatic carbocycles. The fraction of sp³-hybridized carbons (Fsp3) is 0.545. The third kappa shape index (κ3) is 4.08. The van der Waals surface area contributed by atoms with Crippen molar-refractivity contribution in [3.05, 3.63) is 17.5 Å². The van der Waals surface area contributed by atoms with Gasteiger partial charge in [-0.05, 0) is 6.92 Å². The molecule has 100 valence electrons. The quantitative estimate of drug-likeness (QED) is 0.813. The Morgan fingerprint density at radius 2 is 2.28 bits per heavy atom. The zero-order valence-electron chi connectivity index (χ0n) is 10.6. The molecule has 0 spiro atoms. The van der Waals surface area contributed by atoms with E-state index in [1.807, 2.05) is 0 Å². The molecule has 0 aliphatic rings. The first-order valence-corrected chi connectivity index (χ1v) is 5.54. The highest BCUT2D eigenvalue weighted by Gasteiger charge is 2.17. The van der Waals surface area contributed by atoms with E-state index in [-0.39, 0.29) is 19.1 Å². The van der Waals surface area contributed by atoms with Gasteiger partial charge in [-0.2, -0.15) is 0 Å². The summed E-state index contributed by atoms with van der Waals surface area (Å²) >= 11 is 0. The maximum absolute atomic E-state index is 11.6. The van der Waals surface area contributed by atoms with E-state index in [1.165, 1.54) is 4.90 Å². The summed E-state index contributed by atoms with van der Waals surface area (Å²) in [5, 5.41) is 15.1. The normalized spacial score (nSPS) is 11.9. The Hall–Kier alpha value is -2.05. The Kier molecular flexibility index (Phi) is 4.70. The minimum Gasteiger partial charge on any atom is -0.481 e. The highest BCUT2D eigenvalue weighted by Crippen LogP contribution is 2.02. The van der Waals surface area contributed by atoms with Crippen molar-refractivity contribution < 1.29 is 19.2 Å². The van der Waals surface area contributed by atoms with Crippen molar-refractivity contribution in [1.29, 1.82) is 0 Å². The second-order valence-corrected chi connectivity index (χ2v) is 4.21. The lowest BCUT2D eigenvalue weighted by atomic mass is 10.2. The third-order valence-electron chi connectivity index (χ3n) is 2.41. The largest absolute Gasteiger partial charge is 0.481 e. The molecule has 7 heteroatoms. The van der Waals surface area contributed by atoms with Gasteiger partial charge in [0, 0.05) is 19.7 Å². The number of carbonyl (C=O) groups excluding carboxylic acids is 1. The summed E-state index contributed by atoms with van der Waals surface area (Å²) in [7, 11) is 1.54. The number of aliphatic carboxylic acids is 1. The van der Waals surface area contributed by atoms with Gasteiger partial charge in [0.05, 0.1) is 12.5 Å². The molecule has 0 saturated carbocycles. The highest BCUT2D eigenvalue weighted by molar-refractivity contribution is 5.75. The summed E-state index contributed by atoms with van der Waals surface area (Å²) in [6.45, 7) is 3.72. The molecule has 2 amide bonds. The van der Waals surface area contributed by atoms with Gasteiger partial charge in [-0.25, -0.2) is 4.79 Å². The Labute approximate surface area is 105 Å². The standard InChI is InChI=1S/C11H17N3O4/c1-7(10(15)16)6-14(3)11(17)12-5-9-4-8(2)18-13-9/h4,7H,5-6H2,1-3H3,(H,12,17)(H,15,16). The van der Waals surface area contributed by atoms with E-state index >= 15 is 0 Å². The van der Waals surface area contributed by atoms with Crippen LogP contribution in [0.1, 0.15) is 18.4 Å². The van der Waals surface area contributed by atoms with Crippen LogP contribution in [0.3, 0.4) is 0 Å². The molecule has 0 fully saturated rings. The molecule has 1 heterocycles. The van der Waals surface area contributed by atoms with E-state index < -0.39 is 11.9 Å². The van der Waals surface area contributed by atoms with Gasteiger partial charge in [0.25, 0.3) is 0 Å². The number of hydrogen-bond acceptors (Lipinski definition) is 4. The van der Waals surface area contributed by atoms with Crippen molar-refractivity contribution >= 4 is 12.0 Å². The van der Waals surface area contributed by atoms with E-state index in [0.717, 1.165) is 0 Å². The van der Waals surface area contributed by atoms with Crippen molar-refractivity contribution in [3.8, 4) is 0 Å². The number of urea groups is 1. The van der Waals surface area contributed by atoms with Crippen molar-refractivity contribution in [1.82, 2.24) is 15.4 Å². The lowest BCUT2D eigenvalue weighted by molar-refractivity contribution is -0.141. The first-order chi connectivity index (χ1) is 8.40. The number of rotatable bonds is 5. The fourth-order valence-electron chi connectivity index (χ4n) is 1.37. The Morgan fingerprint density at radius 3 is 2.78 bits per heavy atom. The lowest BCUT2D eigenvalue weighted by Crippen LogP contribution is -2.40. The zero-order valence-corrected chi connectivity index (χ0v) is 10.6. The molecule has 1 aromatic rings. The number of aromatic nitrogens is 1. The first kappa shape index (κ1) is 14.0. The summed E-state index contributed by atoms with van der Waals surface area (Å²) in [4.78, 5) is 23.6. The van der Waals surface area contributed by atoms with Crippen molar-refractivity contribution in [2.24, 2.45) is 5.92 Å². The molecule has 1 aromatic heterocycles. The van der Waals surface area contributed by atoms with Crippen LogP contribution in [0, 0.1) is 12.8 Å². The third-order valence-corrected chi connectivity index (χ3v) is 2.41. The second kappa shape index (κ2) is 6.04. The minimum absolute atomic E-state index is 0.152. The predicted octanol–water partition coefficient (Wildman–Crippen LogP) is 0.845. The minimum atomic E-state index is -0.929. The van der Waals surface area contributed by atoms with Crippen molar-refractivity contribution in [2.75, 3.05) is 13.6 Å². The van der Waals surface area contributed by atoms with Crippen molar-refractivity contribution in [3.63, 3.8) is 0 Å². The van der Waals surface area contributed by atoms with Gasteiger partial charge in [0.15, 0.2) is 0 Å². The van der Waals surface area contributed by atoms with E-state index in [0.29, 0.717) is 11.5 Å². The van der Waals surface area contributed by atoms with Gasteiger partial charge in [-0.3, -0.25) is 4.79 Å². The summed E-state index contributed by atoms with van der Waals surface area (Å²) in [5.74, 6) is -0.857. The van der Waals surface area contributed by atoms with Gasteiger partial charge in [-0.15, -0.1) is 0 Å². The molecule has 7 nitrogen and oxygen atoms in total. The van der Waals surface area contributed by atoms with Crippen LogP contribution in [0.15, 0.2) is 10.6 Å². The maximum Gasteiger partial charge on any atom is 0.317 e. The predicted molar refractivity (Wildman–Crippen MR) is 62.9 cm³/mol. The van der Waals surface area contributed by atoms with Crippen LogP contribution in [-0.4, -0.2) is 40.8 Å². The molecule has 0 bridgehead atoms. The van der Waals surface area contributed by atoms with E-state index in [2.05, 4.69) is 10.5 Å². The van der Waals surface area contributed by atoms with Gasteiger partial charge in [0.1, 0.15) is 11.5 Å². The Morgan fingerprint density at radius 1 is 1.61 bits per heavy atom. The number of carbonyl (C=O) groups is 2. The Bertz CT molecular complexity index is 430. The zero-order chi connectivity index (χ0) is 13.7. The van der Waals surface area contributed by atoms with Gasteiger partial charge in [-0.1, -0.05) is 12.1 Å². The summed E-state index contributed by atoms with van der Waals surface area (Å²) < 4.78 is 4.86. The molecule has 0 radical (unpaired) electrons. The molecule has 0 saturated heterocycles. The fourth-order valence-corrected chi connectivity index (χ4v) is 1.37. The van der Waals surface area contributed by atoms with Crippen LogP contribution >= 0.6 is 0 Å². The van der Waals surface area contributed by atoms with E-state index in [4.69, 9.17) is 9.63 Å². The molecule has 0 aromatic carbocycles. The number of carboxylic acids is 1. The number of hydrogen-bond donors (Lipinski definition) is 2. The number of nitrogens with zero attached hydrogens (tertiary/aromatic N) is 2. The van der Waals surface area contributed by atoms with E-state index in [1.54, 1.807) is 27.0 Å². The van der Waals surface area contributed by atoms with Crippen LogP contribution < -0.4 is 5.32 Å². The van der Waals surface area contributed by atoms with Gasteiger partial charge >= 0.3 is 12.0 Å². The molecule has 1 atom stereocenters. The summed E-state index contributed by atoms with van der Waals surface area (Å²) in [5.41, 5.74) is 0.625. The second-order valence-electron chi connectivity index (χ2n) is 4.21. The molecule has 1 rings (SSSR count). The highest BCUT2D eigenvalue weighted by atomic mass is 16.5. The first-order valence-electron chi connectivity index (χ1n) is 5.54. The van der Waals surface area contributed by atoms with Crippen LogP contribution in [0.5, 0.6) is 0 Å². The SMILES string of the molecule is Cc1cc(CNC(=O)N(C)CC(C)C(=O)O)no1. The van der Waals surface area contributed by atoms with Crippen LogP contribution in [0.4, 0.5) is 4.79 Å². The topological polar surface area (TPSA) is 95.7 Å². The number of carboxylic acid groups (broad SMARTS) is 1. The van der Waals surface area contributed by atoms with Crippen LogP contribution in [0.25, 0.3) is 0 Å². The average molecular weight is 255 g/mol. The van der Waals surface area contributed by atoms with Crippen LogP contribution in [-0.2, 0) is 11.3 Å². The number of nitrogens with one attached hydrogen (secondary N) is 1. The lowest BCUT2D eigenvalue weighted by Gasteiger charge is -2.19. The number of aryl methyl sites for hydroxylation is 1. The molecule has 18 heavy (non-hydrogen) atoms. The monoisotopic (exact) mass is 255 g/mol. The molecule has 2 N–H and O–H groups in total. The molecular formula is C11H17N3O4. The van der Waals surface area contributed by atoms with Crippen molar-refractivity contribution in [2.45, 2.75) is 20.4 Å². The summed E-state index contributed by atoms with van der Waals surface area (Å²) in [6, 6.07) is 1.38. The average Bonchev–Trinajstić information content (AvgIpc) is 2.71. The van der Waals surface area contributed by atoms with Crippen LogP contribution in [0.2, 0.25) is 0 Å². The summed E-state index contributed by atoms with van der Waals surface area (Å²) in [6.07, 6.45) is 0. The molecule has 0 aliphatic heterocycles. The smallest absolute Gasteiger partial charge is 0.317 e. The van der Waals surface area contributed by atoms with E-state index in [9.17, 15) is 9.59 Å². The van der Waals surface area contributed by atoms with Gasteiger partial charge in [0.2, 0.25) is 0 Å².